The highest BCUT2D eigenvalue weighted by Gasteiger charge is 2.11. The first-order valence-electron chi connectivity index (χ1n) is 5.38. The zero-order chi connectivity index (χ0) is 14.4. The molecule has 0 bridgehead atoms. The molecule has 0 aliphatic heterocycles. The Labute approximate surface area is 108 Å². The fraction of sp³-hybridized carbons (Fsp3) is 0.273. The van der Waals surface area contributed by atoms with Gasteiger partial charge in [0.15, 0.2) is 0 Å². The maximum Gasteiger partial charge on any atom is 0.321 e. The van der Waals surface area contributed by atoms with E-state index in [1.54, 1.807) is 0 Å². The highest BCUT2D eigenvalue weighted by molar-refractivity contribution is 5.89. The summed E-state index contributed by atoms with van der Waals surface area (Å²) >= 11 is 0. The number of carbonyl (C=O) groups is 2. The molecule has 19 heavy (non-hydrogen) atoms. The van der Waals surface area contributed by atoms with Crippen LogP contribution >= 0.6 is 0 Å². The number of carbonyl (C=O) groups excluding carboxylic acids is 1. The summed E-state index contributed by atoms with van der Waals surface area (Å²) < 4.78 is 0. The summed E-state index contributed by atoms with van der Waals surface area (Å²) in [6, 6.07) is 4.87. The summed E-state index contributed by atoms with van der Waals surface area (Å²) in [5.74, 6) is -0.991. The summed E-state index contributed by atoms with van der Waals surface area (Å²) in [4.78, 5) is 33.1. The van der Waals surface area contributed by atoms with E-state index in [2.05, 4.69) is 5.32 Å². The number of anilines is 1. The topological polar surface area (TPSA) is 113 Å². The molecule has 0 saturated heterocycles. The van der Waals surface area contributed by atoms with E-state index in [1.807, 2.05) is 0 Å². The second-order valence-electron chi connectivity index (χ2n) is 3.80. The van der Waals surface area contributed by atoms with Gasteiger partial charge in [-0.25, -0.2) is 4.79 Å². The van der Waals surface area contributed by atoms with Gasteiger partial charge in [-0.2, -0.15) is 0 Å². The van der Waals surface area contributed by atoms with E-state index in [1.165, 1.54) is 36.2 Å². The van der Waals surface area contributed by atoms with E-state index in [0.29, 0.717) is 5.69 Å². The molecule has 0 heterocycles. The normalized spacial score (nSPS) is 9.74. The highest BCUT2D eigenvalue weighted by Crippen LogP contribution is 2.15. The first-order valence-corrected chi connectivity index (χ1v) is 5.38. The number of non-ortho nitro benzene ring substituents is 1. The Morgan fingerprint density at radius 1 is 1.37 bits per heavy atom. The Kier molecular flexibility index (Phi) is 4.81. The van der Waals surface area contributed by atoms with E-state index in [0.717, 1.165) is 0 Å². The molecule has 102 valence electrons. The largest absolute Gasteiger partial charge is 0.481 e. The summed E-state index contributed by atoms with van der Waals surface area (Å²) in [5, 5.41) is 21.4. The molecule has 8 nitrogen and oxygen atoms in total. The van der Waals surface area contributed by atoms with Crippen LogP contribution in [0.1, 0.15) is 6.42 Å². The van der Waals surface area contributed by atoms with Crippen LogP contribution in [0.4, 0.5) is 16.2 Å². The van der Waals surface area contributed by atoms with Gasteiger partial charge in [-0.1, -0.05) is 0 Å². The maximum atomic E-state index is 11.6. The molecule has 0 atom stereocenters. The number of urea groups is 1. The molecular formula is C11H13N3O5. The average Bonchev–Trinajstić information content (AvgIpc) is 2.36. The quantitative estimate of drug-likeness (QED) is 0.620. The second-order valence-corrected chi connectivity index (χ2v) is 3.80. The van der Waals surface area contributed by atoms with Crippen molar-refractivity contribution < 1.29 is 19.6 Å². The van der Waals surface area contributed by atoms with Gasteiger partial charge in [-0.15, -0.1) is 0 Å². The van der Waals surface area contributed by atoms with Crippen molar-refractivity contribution in [1.82, 2.24) is 4.90 Å². The summed E-state index contributed by atoms with van der Waals surface area (Å²) in [5.41, 5.74) is 0.329. The predicted octanol–water partition coefficient (Wildman–Crippen LogP) is 1.53. The van der Waals surface area contributed by atoms with Crippen LogP contribution in [-0.4, -0.2) is 40.5 Å². The van der Waals surface area contributed by atoms with Gasteiger partial charge < -0.3 is 15.3 Å². The number of aliphatic carboxylic acids is 1. The predicted molar refractivity (Wildman–Crippen MR) is 67.0 cm³/mol. The number of nitrogens with one attached hydrogen (secondary N) is 1. The van der Waals surface area contributed by atoms with Crippen LogP contribution < -0.4 is 5.32 Å². The Morgan fingerprint density at radius 3 is 2.42 bits per heavy atom. The summed E-state index contributed by atoms with van der Waals surface area (Å²) in [7, 11) is 1.46. The van der Waals surface area contributed by atoms with Crippen molar-refractivity contribution in [2.75, 3.05) is 18.9 Å². The fourth-order valence-corrected chi connectivity index (χ4v) is 1.25. The lowest BCUT2D eigenvalue weighted by molar-refractivity contribution is -0.384. The van der Waals surface area contributed by atoms with Crippen LogP contribution in [0, 0.1) is 10.1 Å². The smallest absolute Gasteiger partial charge is 0.321 e. The molecule has 0 aliphatic carbocycles. The molecule has 0 aliphatic rings. The maximum absolute atomic E-state index is 11.6. The van der Waals surface area contributed by atoms with Crippen molar-refractivity contribution in [3.05, 3.63) is 34.4 Å². The number of amides is 2. The second kappa shape index (κ2) is 6.34. The first kappa shape index (κ1) is 14.4. The summed E-state index contributed by atoms with van der Waals surface area (Å²) in [6.07, 6.45) is -0.149. The molecule has 0 aromatic heterocycles. The lowest BCUT2D eigenvalue weighted by atomic mass is 10.3. The van der Waals surface area contributed by atoms with Gasteiger partial charge in [-0.3, -0.25) is 14.9 Å². The Morgan fingerprint density at radius 2 is 1.95 bits per heavy atom. The van der Waals surface area contributed by atoms with Crippen molar-refractivity contribution in [2.24, 2.45) is 0 Å². The monoisotopic (exact) mass is 267 g/mol. The molecule has 8 heteroatoms. The van der Waals surface area contributed by atoms with Gasteiger partial charge in [0, 0.05) is 31.4 Å². The molecule has 0 unspecified atom stereocenters. The number of hydrogen-bond donors (Lipinski definition) is 2. The minimum absolute atomic E-state index is 0.0720. The minimum atomic E-state index is -0.991. The number of hydrogen-bond acceptors (Lipinski definition) is 4. The number of benzene rings is 1. The molecule has 0 spiro atoms. The fourth-order valence-electron chi connectivity index (χ4n) is 1.25. The van der Waals surface area contributed by atoms with Crippen molar-refractivity contribution in [1.29, 1.82) is 0 Å². The standard InChI is InChI=1S/C11H13N3O5/c1-13(7-6-10(15)16)11(17)12-8-2-4-9(5-3-8)14(18)19/h2-5H,6-7H2,1H3,(H,12,17)(H,15,16). The molecule has 0 fully saturated rings. The van der Waals surface area contributed by atoms with E-state index in [-0.39, 0.29) is 18.7 Å². The number of nitrogens with zero attached hydrogens (tertiary/aromatic N) is 2. The van der Waals surface area contributed by atoms with Crippen LogP contribution in [0.15, 0.2) is 24.3 Å². The van der Waals surface area contributed by atoms with Gasteiger partial charge in [0.05, 0.1) is 11.3 Å². The van der Waals surface area contributed by atoms with E-state index < -0.39 is 16.9 Å². The number of carboxylic acids is 1. The molecule has 1 rings (SSSR count). The molecule has 1 aromatic rings. The number of nitro benzene ring substituents is 1. The third-order valence-electron chi connectivity index (χ3n) is 2.34. The molecular weight excluding hydrogens is 254 g/mol. The Hall–Kier alpha value is -2.64. The molecule has 0 radical (unpaired) electrons. The lowest BCUT2D eigenvalue weighted by Gasteiger charge is -2.16. The molecule has 2 amide bonds. The van der Waals surface area contributed by atoms with Crippen LogP contribution in [-0.2, 0) is 4.79 Å². The zero-order valence-electron chi connectivity index (χ0n) is 10.2. The van der Waals surface area contributed by atoms with Gasteiger partial charge in [-0.05, 0) is 12.1 Å². The molecule has 1 aromatic carbocycles. The van der Waals surface area contributed by atoms with Crippen LogP contribution in [0.2, 0.25) is 0 Å². The van der Waals surface area contributed by atoms with Crippen molar-refractivity contribution in [3.63, 3.8) is 0 Å². The lowest BCUT2D eigenvalue weighted by Crippen LogP contribution is -2.33. The van der Waals surface area contributed by atoms with Crippen LogP contribution in [0.25, 0.3) is 0 Å². The third-order valence-corrected chi connectivity index (χ3v) is 2.34. The van der Waals surface area contributed by atoms with Gasteiger partial charge in [0.25, 0.3) is 5.69 Å². The van der Waals surface area contributed by atoms with E-state index in [9.17, 15) is 19.7 Å². The number of carboxylic acid groups (broad SMARTS) is 1. The third kappa shape index (κ3) is 4.62. The highest BCUT2D eigenvalue weighted by atomic mass is 16.6. The summed E-state index contributed by atoms with van der Waals surface area (Å²) in [6.45, 7) is 0.0775. The average molecular weight is 267 g/mol. The number of nitro groups is 1. The zero-order valence-corrected chi connectivity index (χ0v) is 10.2. The Balaban J connectivity index is 2.56. The number of rotatable bonds is 5. The van der Waals surface area contributed by atoms with E-state index in [4.69, 9.17) is 5.11 Å². The van der Waals surface area contributed by atoms with E-state index >= 15 is 0 Å². The molecule has 0 saturated carbocycles. The van der Waals surface area contributed by atoms with Crippen molar-refractivity contribution in [2.45, 2.75) is 6.42 Å². The molecule has 2 N–H and O–H groups in total. The Bertz CT molecular complexity index is 486. The van der Waals surface area contributed by atoms with Crippen molar-refractivity contribution >= 4 is 23.4 Å². The van der Waals surface area contributed by atoms with Crippen molar-refractivity contribution in [3.8, 4) is 0 Å². The van der Waals surface area contributed by atoms with Crippen LogP contribution in [0.3, 0.4) is 0 Å². The van der Waals surface area contributed by atoms with Gasteiger partial charge >= 0.3 is 12.0 Å². The first-order chi connectivity index (χ1) is 8.90. The van der Waals surface area contributed by atoms with Gasteiger partial charge in [0.2, 0.25) is 0 Å². The SMILES string of the molecule is CN(CCC(=O)O)C(=O)Nc1ccc([N+](=O)[O-])cc1. The minimum Gasteiger partial charge on any atom is -0.481 e. The van der Waals surface area contributed by atoms with Crippen LogP contribution in [0.5, 0.6) is 0 Å². The van der Waals surface area contributed by atoms with Gasteiger partial charge in [0.1, 0.15) is 0 Å².